The molecule has 1 aliphatic heterocycles. The molecule has 2 aromatic rings. The molecule has 0 amide bonds. The Morgan fingerprint density at radius 2 is 1.61 bits per heavy atom. The summed E-state index contributed by atoms with van der Waals surface area (Å²) in [4.78, 5) is 21.4. The van der Waals surface area contributed by atoms with E-state index >= 15 is 0 Å². The van der Waals surface area contributed by atoms with Gasteiger partial charge in [0.05, 0.1) is 36.6 Å². The molecule has 0 spiro atoms. The lowest BCUT2D eigenvalue weighted by Gasteiger charge is -2.28. The Labute approximate surface area is 326 Å². The van der Waals surface area contributed by atoms with Gasteiger partial charge < -0.3 is 35.3 Å². The highest BCUT2D eigenvalue weighted by Gasteiger charge is 2.53. The predicted molar refractivity (Wildman–Crippen MR) is 213 cm³/mol. The number of aliphatic hydroxyl groups excluding tert-OH is 2. The second-order valence-corrected chi connectivity index (χ2v) is 16.6. The van der Waals surface area contributed by atoms with Crippen LogP contribution in [0.4, 0.5) is 0 Å². The summed E-state index contributed by atoms with van der Waals surface area (Å²) >= 11 is 6.09. The molecular weight excluding hydrogens is 733 g/mol. The van der Waals surface area contributed by atoms with Crippen LogP contribution in [0.15, 0.2) is 35.6 Å². The molecule has 2 aromatic heterocycles. The summed E-state index contributed by atoms with van der Waals surface area (Å²) in [6.07, 6.45) is 22.0. The number of hydrogen-bond acceptors (Lipinski definition) is 9. The molecule has 0 bridgehead atoms. The van der Waals surface area contributed by atoms with Gasteiger partial charge in [0.2, 0.25) is 0 Å². The molecule has 13 nitrogen and oxygen atoms in total. The van der Waals surface area contributed by atoms with Gasteiger partial charge in [-0.2, -0.15) is 0 Å². The number of phosphoric acid groups is 1. The van der Waals surface area contributed by atoms with E-state index in [1.165, 1.54) is 103 Å². The Hall–Kier alpha value is -2.19. The van der Waals surface area contributed by atoms with Crippen LogP contribution in [0.25, 0.3) is 0 Å². The number of rotatable bonds is 30. The van der Waals surface area contributed by atoms with E-state index in [1.54, 1.807) is 24.4 Å². The van der Waals surface area contributed by atoms with Crippen molar-refractivity contribution in [1.29, 1.82) is 5.41 Å². The highest BCUT2D eigenvalue weighted by molar-refractivity contribution is 7.47. The summed E-state index contributed by atoms with van der Waals surface area (Å²) in [5.74, 6) is 0.0605. The van der Waals surface area contributed by atoms with Crippen LogP contribution in [-0.2, 0) is 29.7 Å². The number of aromatic nitrogens is 2. The maximum absolute atomic E-state index is 13.0. The fourth-order valence-electron chi connectivity index (χ4n) is 6.67. The third-order valence-electron chi connectivity index (χ3n) is 9.96. The number of hydrogen-bond donors (Lipinski definition) is 6. The Balaban J connectivity index is 1.39. The van der Waals surface area contributed by atoms with Crippen LogP contribution in [-0.4, -0.2) is 74.4 Å². The number of aromatic amines is 1. The zero-order valence-corrected chi connectivity index (χ0v) is 34.0. The SMILES string of the molecule is CCCCCCCCCCCCCCCCCCC[C@H](COP(=O)(O)OC[C@@]1(C)O[C@@H](c2ccc(C(N)=NC=N)[nH]2)[C@H](O)[C@@H]1O)OCc1cncc(Cl)c1. The first-order valence-corrected chi connectivity index (χ1v) is 21.7. The van der Waals surface area contributed by atoms with Crippen molar-refractivity contribution in [1.82, 2.24) is 9.97 Å². The van der Waals surface area contributed by atoms with Crippen LogP contribution in [0.5, 0.6) is 0 Å². The average Bonchev–Trinajstić information content (AvgIpc) is 3.73. The minimum Gasteiger partial charge on any atom is -0.387 e. The molecule has 0 saturated carbocycles. The van der Waals surface area contributed by atoms with Crippen LogP contribution in [0.3, 0.4) is 0 Å². The van der Waals surface area contributed by atoms with Crippen molar-refractivity contribution in [3.63, 3.8) is 0 Å². The summed E-state index contributed by atoms with van der Waals surface area (Å²) < 4.78 is 35.8. The molecule has 3 heterocycles. The van der Waals surface area contributed by atoms with Crippen molar-refractivity contribution in [2.45, 2.75) is 166 Å². The molecule has 306 valence electrons. The number of nitrogens with zero attached hydrogens (tertiary/aromatic N) is 2. The topological polar surface area (TPSA) is 206 Å². The van der Waals surface area contributed by atoms with Crippen molar-refractivity contribution in [2.75, 3.05) is 13.2 Å². The molecule has 1 saturated heterocycles. The smallest absolute Gasteiger partial charge is 0.387 e. The number of H-pyrrole nitrogens is 1. The van der Waals surface area contributed by atoms with Crippen LogP contribution >= 0.6 is 19.4 Å². The van der Waals surface area contributed by atoms with E-state index < -0.39 is 44.4 Å². The highest BCUT2D eigenvalue weighted by Crippen LogP contribution is 2.47. The molecule has 15 heteroatoms. The second-order valence-electron chi connectivity index (χ2n) is 14.7. The van der Waals surface area contributed by atoms with Crippen molar-refractivity contribution in [3.8, 4) is 0 Å². The zero-order chi connectivity index (χ0) is 39.2. The molecule has 1 fully saturated rings. The number of halogens is 1. The number of aliphatic imine (C=N–C) groups is 1. The zero-order valence-electron chi connectivity index (χ0n) is 32.3. The number of unbranched alkanes of at least 4 members (excludes halogenated alkanes) is 16. The summed E-state index contributed by atoms with van der Waals surface area (Å²) in [5, 5.41) is 29.2. The van der Waals surface area contributed by atoms with Gasteiger partial charge in [0, 0.05) is 18.1 Å². The van der Waals surface area contributed by atoms with Gasteiger partial charge in [0.15, 0.2) is 0 Å². The molecule has 1 unspecified atom stereocenters. The number of pyridine rings is 1. The van der Waals surface area contributed by atoms with E-state index in [9.17, 15) is 19.7 Å². The lowest BCUT2D eigenvalue weighted by atomic mass is 9.97. The molecule has 0 radical (unpaired) electrons. The minimum absolute atomic E-state index is 0.0605. The van der Waals surface area contributed by atoms with E-state index in [-0.39, 0.29) is 19.0 Å². The molecule has 54 heavy (non-hydrogen) atoms. The molecule has 3 rings (SSSR count). The number of amidine groups is 1. The number of nitrogens with one attached hydrogen (secondary N) is 2. The van der Waals surface area contributed by atoms with E-state index in [0.717, 1.165) is 31.2 Å². The Morgan fingerprint density at radius 1 is 1.02 bits per heavy atom. The van der Waals surface area contributed by atoms with Gasteiger partial charge in [-0.3, -0.25) is 19.4 Å². The Morgan fingerprint density at radius 3 is 2.19 bits per heavy atom. The van der Waals surface area contributed by atoms with Crippen LogP contribution in [0, 0.1) is 5.41 Å². The number of phosphoric ester groups is 1. The van der Waals surface area contributed by atoms with Gasteiger partial charge in [-0.1, -0.05) is 128 Å². The normalized spacial score (nSPS) is 22.0. The first kappa shape index (κ1) is 46.2. The summed E-state index contributed by atoms with van der Waals surface area (Å²) in [5.41, 5.74) is 5.84. The lowest BCUT2D eigenvalue weighted by molar-refractivity contribution is -0.100. The third kappa shape index (κ3) is 16.9. The predicted octanol–water partition coefficient (Wildman–Crippen LogP) is 8.69. The highest BCUT2D eigenvalue weighted by atomic mass is 35.5. The molecule has 6 atom stereocenters. The number of ether oxygens (including phenoxy) is 2. The van der Waals surface area contributed by atoms with E-state index in [4.69, 9.17) is 41.3 Å². The van der Waals surface area contributed by atoms with Crippen molar-refractivity contribution < 1.29 is 38.2 Å². The standard InChI is InChI=1S/C39H65ClN5O8P/c1-3-4-5-6-7-8-9-10-11-12-13-14-15-16-17-18-19-20-32(50-26-30-23-31(40)25-43-24-30)27-51-54(48,49)52-28-39(2)37(47)35(46)36(53-39)33-21-22-34(45-33)38(42)44-29-41/h21-25,29,32,35-37,45-47H,3-20,26-28H2,1-2H3,(H,48,49)(H3,41,42,44)/t32-,35+,36+,37+,39-/m1/s1. The minimum atomic E-state index is -4.62. The molecule has 0 aliphatic carbocycles. The van der Waals surface area contributed by atoms with E-state index in [2.05, 4.69) is 21.9 Å². The fraction of sp³-hybridized carbons (Fsp3) is 0.718. The lowest BCUT2D eigenvalue weighted by Crippen LogP contribution is -2.44. The second kappa shape index (κ2) is 25.1. The summed E-state index contributed by atoms with van der Waals surface area (Å²) in [6.45, 7) is 3.19. The Bertz CT molecular complexity index is 1430. The van der Waals surface area contributed by atoms with Crippen LogP contribution in [0.1, 0.15) is 152 Å². The third-order valence-corrected chi connectivity index (χ3v) is 11.1. The van der Waals surface area contributed by atoms with Crippen molar-refractivity contribution in [2.24, 2.45) is 10.7 Å². The monoisotopic (exact) mass is 797 g/mol. The first-order valence-electron chi connectivity index (χ1n) is 19.9. The van der Waals surface area contributed by atoms with Crippen LogP contribution in [0.2, 0.25) is 5.02 Å². The van der Waals surface area contributed by atoms with Gasteiger partial charge in [-0.15, -0.1) is 0 Å². The quantitative estimate of drug-likeness (QED) is 0.0192. The van der Waals surface area contributed by atoms with Gasteiger partial charge in [0.25, 0.3) is 0 Å². The maximum atomic E-state index is 13.0. The first-order chi connectivity index (χ1) is 26.0. The van der Waals surface area contributed by atoms with Gasteiger partial charge >= 0.3 is 7.82 Å². The van der Waals surface area contributed by atoms with Gasteiger partial charge in [-0.05, 0) is 37.1 Å². The van der Waals surface area contributed by atoms with E-state index in [1.807, 2.05) is 0 Å². The Kier molecular flexibility index (Phi) is 21.5. The number of nitrogens with two attached hydrogens (primary N) is 1. The van der Waals surface area contributed by atoms with Crippen LogP contribution < -0.4 is 5.73 Å². The molecule has 0 aromatic carbocycles. The summed E-state index contributed by atoms with van der Waals surface area (Å²) in [6, 6.07) is 4.96. The molecule has 7 N–H and O–H groups in total. The fourth-order valence-corrected chi connectivity index (χ4v) is 7.72. The van der Waals surface area contributed by atoms with Gasteiger partial charge in [-0.25, -0.2) is 9.56 Å². The largest absolute Gasteiger partial charge is 0.472 e. The maximum Gasteiger partial charge on any atom is 0.472 e. The van der Waals surface area contributed by atoms with Crippen molar-refractivity contribution >= 4 is 31.6 Å². The molecule has 1 aliphatic rings. The average molecular weight is 798 g/mol. The summed E-state index contributed by atoms with van der Waals surface area (Å²) in [7, 11) is -4.62. The molecular formula is C39H65ClN5O8P. The van der Waals surface area contributed by atoms with Gasteiger partial charge in [0.1, 0.15) is 36.1 Å². The van der Waals surface area contributed by atoms with Crippen molar-refractivity contribution in [3.05, 3.63) is 52.6 Å². The van der Waals surface area contributed by atoms with E-state index in [0.29, 0.717) is 22.8 Å². The number of aliphatic hydroxyl groups is 2.